The van der Waals surface area contributed by atoms with Crippen LogP contribution in [0.5, 0.6) is 5.75 Å². The Morgan fingerprint density at radius 3 is 2.44 bits per heavy atom. The average Bonchev–Trinajstić information content (AvgIpc) is 3.53. The molecule has 1 aliphatic carbocycles. The monoisotopic (exact) mass is 445 g/mol. The lowest BCUT2D eigenvalue weighted by Crippen LogP contribution is -3.17. The average molecular weight is 445 g/mol. The number of halogens is 3. The molecule has 10 heteroatoms. The van der Waals surface area contributed by atoms with Crippen molar-refractivity contribution in [1.82, 2.24) is 5.01 Å². The van der Waals surface area contributed by atoms with Crippen molar-refractivity contribution in [3.63, 3.8) is 0 Å². The fourth-order valence-electron chi connectivity index (χ4n) is 4.22. The molecule has 0 saturated heterocycles. The van der Waals surface area contributed by atoms with Crippen molar-refractivity contribution in [2.45, 2.75) is 43.1 Å². The first-order valence-electron chi connectivity index (χ1n) is 10.00. The van der Waals surface area contributed by atoms with Crippen LogP contribution in [-0.2, 0) is 11.0 Å². The molecule has 1 unspecified atom stereocenters. The van der Waals surface area contributed by atoms with Crippen LogP contribution < -0.4 is 15.6 Å². The molecule has 168 valence electrons. The number of nitriles is 1. The van der Waals surface area contributed by atoms with Crippen molar-refractivity contribution in [1.29, 1.82) is 5.26 Å². The lowest BCUT2D eigenvalue weighted by Gasteiger charge is -2.48. The van der Waals surface area contributed by atoms with E-state index in [2.05, 4.69) is 15.8 Å². The minimum absolute atomic E-state index is 0.0334. The molecule has 2 aromatic carbocycles. The Balaban J connectivity index is 1.78. The van der Waals surface area contributed by atoms with Gasteiger partial charge in [-0.2, -0.15) is 10.3 Å². The molecule has 1 heterocycles. The maximum Gasteiger partial charge on any atom is 0.573 e. The van der Waals surface area contributed by atoms with Gasteiger partial charge in [0.2, 0.25) is 5.96 Å². The Bertz CT molecular complexity index is 1090. The van der Waals surface area contributed by atoms with Crippen LogP contribution in [0.4, 0.5) is 13.2 Å². The van der Waals surface area contributed by atoms with Gasteiger partial charge in [0.25, 0.3) is 0 Å². The zero-order valence-electron chi connectivity index (χ0n) is 17.5. The van der Waals surface area contributed by atoms with Gasteiger partial charge in [0.1, 0.15) is 11.3 Å². The summed E-state index contributed by atoms with van der Waals surface area (Å²) < 4.78 is 42.3. The highest BCUT2D eigenvalue weighted by Gasteiger charge is 2.49. The number of nitrogens with zero attached hydrogens (tertiary/aromatic N) is 3. The number of rotatable bonds is 4. The van der Waals surface area contributed by atoms with E-state index >= 15 is 0 Å². The SMILES string of the molecule is CN1C(N)=N[C@](C)(c2cccc(OC(F)(F)F)c2)[C@H](c2ccc(C3(C#N)CC3)cc2)[NH+]1[O-]. The van der Waals surface area contributed by atoms with Crippen molar-refractivity contribution in [2.75, 3.05) is 7.05 Å². The molecule has 0 aromatic heterocycles. The quantitative estimate of drug-likeness (QED) is 0.705. The van der Waals surface area contributed by atoms with Crippen molar-refractivity contribution in [2.24, 2.45) is 10.7 Å². The third-order valence-corrected chi connectivity index (χ3v) is 6.24. The van der Waals surface area contributed by atoms with Gasteiger partial charge in [-0.05, 0) is 43.0 Å². The maximum absolute atomic E-state index is 13.3. The number of ether oxygens (including phenoxy) is 1. The second-order valence-corrected chi connectivity index (χ2v) is 8.34. The number of benzene rings is 2. The van der Waals surface area contributed by atoms with E-state index in [9.17, 15) is 23.6 Å². The Hall–Kier alpha value is -3.29. The van der Waals surface area contributed by atoms with Crippen LogP contribution in [0.2, 0.25) is 0 Å². The van der Waals surface area contributed by atoms with E-state index in [-0.39, 0.29) is 11.1 Å². The van der Waals surface area contributed by atoms with E-state index in [1.807, 2.05) is 12.1 Å². The highest BCUT2D eigenvalue weighted by atomic mass is 19.4. The first-order valence-corrected chi connectivity index (χ1v) is 10.00. The van der Waals surface area contributed by atoms with Gasteiger partial charge >= 0.3 is 6.36 Å². The fraction of sp³-hybridized carbons (Fsp3) is 0.364. The molecule has 3 N–H and O–H groups in total. The van der Waals surface area contributed by atoms with Crippen LogP contribution in [-0.4, -0.2) is 24.4 Å². The van der Waals surface area contributed by atoms with Gasteiger partial charge in [0.15, 0.2) is 6.04 Å². The summed E-state index contributed by atoms with van der Waals surface area (Å²) in [6.45, 7) is 1.66. The van der Waals surface area contributed by atoms with Gasteiger partial charge in [-0.25, -0.2) is 4.99 Å². The summed E-state index contributed by atoms with van der Waals surface area (Å²) in [5, 5.41) is 23.6. The molecule has 0 amide bonds. The molecule has 0 spiro atoms. The number of aliphatic imine (C=N–C) groups is 1. The first kappa shape index (κ1) is 21.9. The Morgan fingerprint density at radius 2 is 1.88 bits per heavy atom. The number of hydrogen-bond donors (Lipinski definition) is 2. The highest BCUT2D eigenvalue weighted by molar-refractivity contribution is 5.77. The lowest BCUT2D eigenvalue weighted by atomic mass is 9.80. The maximum atomic E-state index is 13.3. The summed E-state index contributed by atoms with van der Waals surface area (Å²) in [4.78, 5) is 4.52. The zero-order chi connectivity index (χ0) is 23.3. The van der Waals surface area contributed by atoms with Crippen molar-refractivity contribution >= 4 is 5.96 Å². The van der Waals surface area contributed by atoms with Crippen LogP contribution in [0.15, 0.2) is 53.5 Å². The minimum atomic E-state index is -4.85. The van der Waals surface area contributed by atoms with Gasteiger partial charge in [-0.3, -0.25) is 5.17 Å². The summed E-state index contributed by atoms with van der Waals surface area (Å²) in [6.07, 6.45) is -3.27. The van der Waals surface area contributed by atoms with Crippen LogP contribution >= 0.6 is 0 Å². The fourth-order valence-corrected chi connectivity index (χ4v) is 4.22. The summed E-state index contributed by atoms with van der Waals surface area (Å²) >= 11 is 0. The molecule has 3 atom stereocenters. The van der Waals surface area contributed by atoms with E-state index in [1.54, 1.807) is 25.1 Å². The molecule has 1 fully saturated rings. The molecule has 32 heavy (non-hydrogen) atoms. The van der Waals surface area contributed by atoms with Crippen LogP contribution in [0, 0.1) is 16.5 Å². The molecule has 2 aromatic rings. The number of hydrogen-bond acceptors (Lipinski definition) is 6. The van der Waals surface area contributed by atoms with E-state index in [0.717, 1.165) is 18.4 Å². The van der Waals surface area contributed by atoms with E-state index < -0.39 is 29.1 Å². The molecule has 0 radical (unpaired) electrons. The van der Waals surface area contributed by atoms with Gasteiger partial charge in [-0.15, -0.1) is 13.2 Å². The van der Waals surface area contributed by atoms with Crippen molar-refractivity contribution in [3.8, 4) is 11.8 Å². The summed E-state index contributed by atoms with van der Waals surface area (Å²) in [6, 6.07) is 14.1. The number of nitrogens with two attached hydrogens (primary N) is 1. The molecular weight excluding hydrogens is 423 g/mol. The van der Waals surface area contributed by atoms with Crippen LogP contribution in [0.3, 0.4) is 0 Å². The standard InChI is InChI=1S/C22H22F3N5O2/c1-20(16-4-3-5-17(12-16)32-22(23,24)25)18(30(31)29(2)19(27)28-20)14-6-8-15(9-7-14)21(13-26)10-11-21/h3-9,12,18,30H,10-11H2,1-2H3,(H2,27,28)/t18-,20+/m0/s1. The second-order valence-electron chi connectivity index (χ2n) is 8.34. The third kappa shape index (κ3) is 3.74. The topological polar surface area (TPSA) is 102 Å². The first-order chi connectivity index (χ1) is 15.0. The molecule has 1 saturated carbocycles. The number of guanidine groups is 1. The Morgan fingerprint density at radius 1 is 1.22 bits per heavy atom. The molecule has 7 nitrogen and oxygen atoms in total. The highest BCUT2D eigenvalue weighted by Crippen LogP contribution is 2.48. The lowest BCUT2D eigenvalue weighted by molar-refractivity contribution is -0.990. The van der Waals surface area contributed by atoms with Crippen molar-refractivity contribution in [3.05, 3.63) is 70.4 Å². The van der Waals surface area contributed by atoms with Crippen LogP contribution in [0.25, 0.3) is 0 Å². The molecule has 0 bridgehead atoms. The van der Waals surface area contributed by atoms with E-state index in [4.69, 9.17) is 5.73 Å². The summed E-state index contributed by atoms with van der Waals surface area (Å²) in [7, 11) is 1.50. The van der Waals surface area contributed by atoms with E-state index in [0.29, 0.717) is 11.1 Å². The normalized spacial score (nSPS) is 26.8. The van der Waals surface area contributed by atoms with Gasteiger partial charge < -0.3 is 15.7 Å². The number of alkyl halides is 3. The van der Waals surface area contributed by atoms with Crippen molar-refractivity contribution < 1.29 is 23.1 Å². The number of hydroxylamine groups is 1. The largest absolute Gasteiger partial charge is 0.607 e. The predicted molar refractivity (Wildman–Crippen MR) is 110 cm³/mol. The van der Waals surface area contributed by atoms with E-state index in [1.165, 1.54) is 30.3 Å². The molecule has 1 aliphatic heterocycles. The van der Waals surface area contributed by atoms with Crippen LogP contribution in [0.1, 0.15) is 42.5 Å². The predicted octanol–water partition coefficient (Wildman–Crippen LogP) is 2.65. The molecular formula is C22H22F3N5O2. The zero-order valence-corrected chi connectivity index (χ0v) is 17.5. The minimum Gasteiger partial charge on any atom is -0.607 e. The smallest absolute Gasteiger partial charge is 0.573 e. The van der Waals surface area contributed by atoms with Gasteiger partial charge in [-0.1, -0.05) is 36.4 Å². The molecule has 4 rings (SSSR count). The van der Waals surface area contributed by atoms with Gasteiger partial charge in [0.05, 0.1) is 18.5 Å². The van der Waals surface area contributed by atoms with Gasteiger partial charge in [0, 0.05) is 5.56 Å². The Kier molecular flexibility index (Phi) is 5.07. The summed E-state index contributed by atoms with van der Waals surface area (Å²) in [5.41, 5.74) is 6.10. The number of quaternary nitrogens is 1. The molecule has 2 aliphatic rings. The second kappa shape index (κ2) is 7.39. The number of nitrogens with one attached hydrogen (secondary N) is 1. The summed E-state index contributed by atoms with van der Waals surface area (Å²) in [5.74, 6) is -0.441. The third-order valence-electron chi connectivity index (χ3n) is 6.24. The Labute approximate surface area is 183 Å².